The third-order valence-electron chi connectivity index (χ3n) is 2.11. The zero-order valence-electron chi connectivity index (χ0n) is 9.46. The molecule has 19 heavy (non-hydrogen) atoms. The molecule has 1 aromatic carbocycles. The molecule has 0 atom stereocenters. The van der Waals surface area contributed by atoms with Crippen molar-refractivity contribution >= 4 is 29.2 Å². The van der Waals surface area contributed by atoms with E-state index in [1.54, 1.807) is 18.2 Å². The number of oxime groups is 1. The molecule has 0 aliphatic rings. The third-order valence-corrected chi connectivity index (χ3v) is 2.44. The number of nitrogen functional groups attached to an aromatic ring is 1. The molecule has 0 saturated carbocycles. The molecular formula is C10H9ClN5O3+. The molecule has 5 N–H and O–H groups in total. The maximum absolute atomic E-state index is 11.7. The van der Waals surface area contributed by atoms with E-state index >= 15 is 0 Å². The second-order valence-corrected chi connectivity index (χ2v) is 3.79. The van der Waals surface area contributed by atoms with E-state index in [2.05, 4.69) is 24.9 Å². The van der Waals surface area contributed by atoms with Gasteiger partial charge in [0.15, 0.2) is 0 Å². The number of H-pyrrole nitrogens is 1. The van der Waals surface area contributed by atoms with Gasteiger partial charge in [-0.3, -0.25) is 0 Å². The van der Waals surface area contributed by atoms with Crippen molar-refractivity contribution in [1.82, 2.24) is 5.16 Å². The quantitative estimate of drug-likeness (QED) is 0.358. The topological polar surface area (TPSA) is 131 Å². The Hall–Kier alpha value is -2.61. The van der Waals surface area contributed by atoms with Crippen LogP contribution in [-0.2, 0) is 4.84 Å². The first kappa shape index (κ1) is 12.8. The molecule has 0 radical (unpaired) electrons. The minimum absolute atomic E-state index is 0.0481. The number of carbonyl (C=O) groups is 1. The first-order valence-corrected chi connectivity index (χ1v) is 5.40. The number of hydrogen-bond donors (Lipinski definition) is 2. The molecule has 0 bridgehead atoms. The Balaban J connectivity index is 2.13. The van der Waals surface area contributed by atoms with Crippen LogP contribution in [0, 0.1) is 0 Å². The molecule has 0 unspecified atom stereocenters. The molecule has 1 aromatic heterocycles. The Labute approximate surface area is 111 Å². The van der Waals surface area contributed by atoms with Crippen LogP contribution in [0.1, 0.15) is 16.1 Å². The van der Waals surface area contributed by atoms with Crippen LogP contribution < -0.4 is 16.6 Å². The molecular weight excluding hydrogens is 274 g/mol. The monoisotopic (exact) mass is 282 g/mol. The minimum atomic E-state index is -0.750. The third kappa shape index (κ3) is 2.80. The normalized spacial score (nSPS) is 11.3. The summed E-state index contributed by atoms with van der Waals surface area (Å²) in [5.74, 6) is -0.891. The number of nitrogens with one attached hydrogen (secondary N) is 1. The van der Waals surface area contributed by atoms with Crippen molar-refractivity contribution in [3.05, 3.63) is 40.5 Å². The standard InChI is InChI=1S/C10H8ClN5O3/c11-6-4-2-1-3-5(6)10(17)18-15-8(12)7-9(13)16-19-14-7/h1-4H,(H2,12,15)(H2,13,16)/p+1. The Bertz CT molecular complexity index is 640. The summed E-state index contributed by atoms with van der Waals surface area (Å²) in [5, 5.41) is 9.36. The summed E-state index contributed by atoms with van der Waals surface area (Å²) in [6.07, 6.45) is 0. The van der Waals surface area contributed by atoms with Gasteiger partial charge < -0.3 is 16.3 Å². The van der Waals surface area contributed by atoms with Crippen LogP contribution in [0.25, 0.3) is 0 Å². The van der Waals surface area contributed by atoms with Gasteiger partial charge in [-0.1, -0.05) is 34.0 Å². The highest BCUT2D eigenvalue weighted by Gasteiger charge is 2.19. The number of nitrogens with zero attached hydrogens (tertiary/aromatic N) is 2. The van der Waals surface area contributed by atoms with E-state index < -0.39 is 5.97 Å². The van der Waals surface area contributed by atoms with Crippen LogP contribution >= 0.6 is 11.6 Å². The van der Waals surface area contributed by atoms with E-state index in [9.17, 15) is 4.79 Å². The van der Waals surface area contributed by atoms with Gasteiger partial charge in [0.1, 0.15) is 0 Å². The SMILES string of the molecule is NC(=NOC(=O)c1ccccc1Cl)c1no[nH+]c1N. The first-order valence-electron chi connectivity index (χ1n) is 5.02. The van der Waals surface area contributed by atoms with E-state index in [0.29, 0.717) is 0 Å². The first-order chi connectivity index (χ1) is 9.09. The zero-order valence-corrected chi connectivity index (χ0v) is 10.2. The number of halogens is 1. The van der Waals surface area contributed by atoms with Crippen molar-refractivity contribution < 1.29 is 19.4 Å². The summed E-state index contributed by atoms with van der Waals surface area (Å²) in [5.41, 5.74) is 11.2. The number of aromatic amines is 1. The molecule has 0 aliphatic carbocycles. The lowest BCUT2D eigenvalue weighted by Crippen LogP contribution is -2.19. The molecule has 9 heteroatoms. The number of benzene rings is 1. The van der Waals surface area contributed by atoms with Gasteiger partial charge in [-0.2, -0.15) is 0 Å². The highest BCUT2D eigenvalue weighted by molar-refractivity contribution is 6.33. The van der Waals surface area contributed by atoms with E-state index in [4.69, 9.17) is 23.1 Å². The maximum Gasteiger partial charge on any atom is 0.367 e. The van der Waals surface area contributed by atoms with Crippen molar-refractivity contribution in [2.75, 3.05) is 5.73 Å². The highest BCUT2D eigenvalue weighted by Crippen LogP contribution is 2.16. The van der Waals surface area contributed by atoms with Crippen molar-refractivity contribution in [2.45, 2.75) is 0 Å². The van der Waals surface area contributed by atoms with Crippen molar-refractivity contribution in [3.8, 4) is 0 Å². The molecule has 98 valence electrons. The fraction of sp³-hybridized carbons (Fsp3) is 0. The van der Waals surface area contributed by atoms with Gasteiger partial charge in [0.05, 0.1) is 15.7 Å². The van der Waals surface area contributed by atoms with E-state index in [1.807, 2.05) is 0 Å². The largest absolute Gasteiger partial charge is 0.378 e. The molecule has 0 saturated heterocycles. The number of aromatic nitrogens is 2. The van der Waals surface area contributed by atoms with Gasteiger partial charge in [0.25, 0.3) is 0 Å². The summed E-state index contributed by atoms with van der Waals surface area (Å²) >= 11 is 5.83. The number of amidine groups is 1. The predicted molar refractivity (Wildman–Crippen MR) is 65.1 cm³/mol. The second kappa shape index (κ2) is 5.36. The number of carbonyl (C=O) groups excluding carboxylic acids is 1. The summed E-state index contributed by atoms with van der Waals surface area (Å²) in [7, 11) is 0. The van der Waals surface area contributed by atoms with Crippen LogP contribution in [0.5, 0.6) is 0 Å². The van der Waals surface area contributed by atoms with E-state index in [-0.39, 0.29) is 27.9 Å². The summed E-state index contributed by atoms with van der Waals surface area (Å²) in [4.78, 5) is 16.3. The molecule has 0 fully saturated rings. The zero-order chi connectivity index (χ0) is 13.8. The fourth-order valence-corrected chi connectivity index (χ4v) is 1.42. The molecule has 0 spiro atoms. The Morgan fingerprint density at radius 1 is 1.47 bits per heavy atom. The van der Waals surface area contributed by atoms with Gasteiger partial charge >= 0.3 is 17.5 Å². The van der Waals surface area contributed by atoms with E-state index in [0.717, 1.165) is 0 Å². The molecule has 2 aromatic rings. The lowest BCUT2D eigenvalue weighted by molar-refractivity contribution is -0.610. The Morgan fingerprint density at radius 3 is 2.84 bits per heavy atom. The van der Waals surface area contributed by atoms with Crippen LogP contribution in [-0.4, -0.2) is 17.0 Å². The van der Waals surface area contributed by atoms with Gasteiger partial charge in [-0.25, -0.2) is 4.79 Å². The summed E-state index contributed by atoms with van der Waals surface area (Å²) < 4.78 is 4.45. The molecule has 0 aliphatic heterocycles. The van der Waals surface area contributed by atoms with Gasteiger partial charge in [-0.15, -0.1) is 4.63 Å². The van der Waals surface area contributed by atoms with Crippen LogP contribution in [0.4, 0.5) is 5.82 Å². The van der Waals surface area contributed by atoms with Crippen molar-refractivity contribution in [2.24, 2.45) is 10.9 Å². The van der Waals surface area contributed by atoms with Crippen LogP contribution in [0.3, 0.4) is 0 Å². The number of anilines is 1. The number of rotatable bonds is 3. The molecule has 2 rings (SSSR count). The number of nitrogens with two attached hydrogens (primary N) is 2. The van der Waals surface area contributed by atoms with Crippen LogP contribution in [0.2, 0.25) is 5.02 Å². The summed E-state index contributed by atoms with van der Waals surface area (Å²) in [6.45, 7) is 0. The summed E-state index contributed by atoms with van der Waals surface area (Å²) in [6, 6.07) is 6.37. The average Bonchev–Trinajstić information content (AvgIpc) is 2.82. The number of hydrogen-bond acceptors (Lipinski definition) is 6. The lowest BCUT2D eigenvalue weighted by Gasteiger charge is -2.00. The van der Waals surface area contributed by atoms with Crippen molar-refractivity contribution in [1.29, 1.82) is 0 Å². The maximum atomic E-state index is 11.7. The minimum Gasteiger partial charge on any atom is -0.378 e. The van der Waals surface area contributed by atoms with Gasteiger partial charge in [0, 0.05) is 0 Å². The lowest BCUT2D eigenvalue weighted by atomic mass is 10.2. The van der Waals surface area contributed by atoms with Crippen molar-refractivity contribution in [3.63, 3.8) is 0 Å². The van der Waals surface area contributed by atoms with Crippen LogP contribution in [0.15, 0.2) is 34.1 Å². The Kier molecular flexibility index (Phi) is 3.62. The van der Waals surface area contributed by atoms with E-state index in [1.165, 1.54) is 6.07 Å². The fourth-order valence-electron chi connectivity index (χ4n) is 1.21. The second-order valence-electron chi connectivity index (χ2n) is 3.38. The molecule has 0 amide bonds. The molecule has 8 nitrogen and oxygen atoms in total. The van der Waals surface area contributed by atoms with Gasteiger partial charge in [0.2, 0.25) is 5.84 Å². The predicted octanol–water partition coefficient (Wildman–Crippen LogP) is 0.202. The smallest absolute Gasteiger partial charge is 0.367 e. The average molecular weight is 283 g/mol. The highest BCUT2D eigenvalue weighted by atomic mass is 35.5. The molecule has 1 heterocycles. The van der Waals surface area contributed by atoms with Gasteiger partial charge in [-0.05, 0) is 12.1 Å². The Morgan fingerprint density at radius 2 is 2.21 bits per heavy atom.